The summed E-state index contributed by atoms with van der Waals surface area (Å²) in [7, 11) is 0. The van der Waals surface area contributed by atoms with Gasteiger partial charge in [-0.05, 0) is 62.2 Å². The molecular weight excluding hydrogens is 398 g/mol. The minimum Gasteiger partial charge on any atom is -0.211 e. The van der Waals surface area contributed by atoms with Crippen LogP contribution < -0.4 is 4.98 Å². The summed E-state index contributed by atoms with van der Waals surface area (Å²) >= 11 is 0. The molecule has 0 atom stereocenters. The van der Waals surface area contributed by atoms with Gasteiger partial charge in [-0.2, -0.15) is 0 Å². The molecule has 6 rings (SSSR count). The minimum absolute atomic E-state index is 0.0286. The van der Waals surface area contributed by atoms with Crippen LogP contribution in [0.15, 0.2) is 85.1 Å². The number of rotatable bonds is 1. The van der Waals surface area contributed by atoms with Crippen molar-refractivity contribution in [1.82, 2.24) is 0 Å². The third-order valence-corrected chi connectivity index (χ3v) is 7.55. The van der Waals surface area contributed by atoms with E-state index in [0.717, 1.165) is 0 Å². The topological polar surface area (TPSA) is 14.1 Å². The largest absolute Gasteiger partial charge is 0.218 e. The monoisotopic (exact) mass is 428 g/mol. The van der Waals surface area contributed by atoms with Crippen molar-refractivity contribution in [2.75, 3.05) is 0 Å². The predicted molar refractivity (Wildman–Crippen MR) is 140 cm³/mol. The molecule has 1 N–H and O–H groups in total. The van der Waals surface area contributed by atoms with Crippen LogP contribution in [0.1, 0.15) is 51.3 Å². The zero-order chi connectivity index (χ0) is 23.0. The molecule has 33 heavy (non-hydrogen) atoms. The highest BCUT2D eigenvalue weighted by atomic mass is 14.7. The summed E-state index contributed by atoms with van der Waals surface area (Å²) in [6.07, 6.45) is 2.08. The molecule has 0 aliphatic heterocycles. The maximum Gasteiger partial charge on any atom is 0.218 e. The molecule has 1 aliphatic carbocycles. The van der Waals surface area contributed by atoms with Gasteiger partial charge in [-0.25, -0.2) is 4.98 Å². The minimum atomic E-state index is -0.0286. The molecule has 5 aromatic rings. The Morgan fingerprint density at radius 3 is 2.18 bits per heavy atom. The standard InChI is InChI=1S/C32H29N/c1-31(2,3)22-12-15-26-25-13-11-21(18-28(25)32(4,5)29(26)19-22)30-27-14-10-20-8-6-7-9-23(20)24(27)16-17-33-30/h6-19H,1-5H3/p+1. The Bertz CT molecular complexity index is 1560. The maximum atomic E-state index is 3.56. The van der Waals surface area contributed by atoms with Crippen molar-refractivity contribution in [1.29, 1.82) is 0 Å². The molecule has 0 radical (unpaired) electrons. The van der Waals surface area contributed by atoms with E-state index in [-0.39, 0.29) is 10.8 Å². The number of fused-ring (bicyclic) bond motifs is 6. The summed E-state index contributed by atoms with van der Waals surface area (Å²) in [5.74, 6) is 0. The summed E-state index contributed by atoms with van der Waals surface area (Å²) in [5.41, 5.74) is 9.53. The Labute approximate surface area is 196 Å². The van der Waals surface area contributed by atoms with Crippen LogP contribution >= 0.6 is 0 Å². The summed E-state index contributed by atoms with van der Waals surface area (Å²) in [6, 6.07) is 29.4. The summed E-state index contributed by atoms with van der Waals surface area (Å²) in [6.45, 7) is 11.6. The summed E-state index contributed by atoms with van der Waals surface area (Å²) < 4.78 is 0. The van der Waals surface area contributed by atoms with Gasteiger partial charge < -0.3 is 0 Å². The lowest BCUT2D eigenvalue weighted by atomic mass is 9.78. The number of benzene rings is 4. The van der Waals surface area contributed by atoms with Crippen LogP contribution in [-0.4, -0.2) is 0 Å². The van der Waals surface area contributed by atoms with Crippen LogP contribution in [0, 0.1) is 0 Å². The predicted octanol–water partition coefficient (Wildman–Crippen LogP) is 8.08. The Balaban J connectivity index is 1.54. The Morgan fingerprint density at radius 2 is 1.39 bits per heavy atom. The molecule has 1 aliphatic rings. The van der Waals surface area contributed by atoms with Gasteiger partial charge in [-0.15, -0.1) is 0 Å². The number of aromatic amines is 1. The smallest absolute Gasteiger partial charge is 0.211 e. The molecule has 0 bridgehead atoms. The number of hydrogen-bond donors (Lipinski definition) is 0. The molecule has 0 saturated carbocycles. The lowest BCUT2D eigenvalue weighted by molar-refractivity contribution is -0.362. The van der Waals surface area contributed by atoms with Gasteiger partial charge in [0.05, 0.1) is 5.39 Å². The van der Waals surface area contributed by atoms with Crippen LogP contribution in [-0.2, 0) is 10.8 Å². The highest BCUT2D eigenvalue weighted by molar-refractivity contribution is 6.10. The molecule has 162 valence electrons. The van der Waals surface area contributed by atoms with Gasteiger partial charge in [0.25, 0.3) is 0 Å². The molecule has 4 aromatic carbocycles. The Morgan fingerprint density at radius 1 is 0.667 bits per heavy atom. The van der Waals surface area contributed by atoms with Crippen LogP contribution in [0.2, 0.25) is 0 Å². The first-order valence-electron chi connectivity index (χ1n) is 11.9. The fourth-order valence-corrected chi connectivity index (χ4v) is 5.58. The van der Waals surface area contributed by atoms with Crippen molar-refractivity contribution in [2.45, 2.75) is 45.4 Å². The number of H-pyrrole nitrogens is 1. The van der Waals surface area contributed by atoms with Crippen LogP contribution in [0.4, 0.5) is 0 Å². The summed E-state index contributed by atoms with van der Waals surface area (Å²) in [4.78, 5) is 3.56. The van der Waals surface area contributed by atoms with E-state index in [4.69, 9.17) is 0 Å². The van der Waals surface area contributed by atoms with E-state index in [0.29, 0.717) is 0 Å². The number of nitrogens with one attached hydrogen (secondary N) is 1. The lowest BCUT2D eigenvalue weighted by Gasteiger charge is -2.25. The SMILES string of the molecule is CC(C)(C)c1ccc2c(c1)C(C)(C)c1cc(-c3[nH+]ccc4c3ccc3ccccc34)ccc1-2. The van der Waals surface area contributed by atoms with Crippen LogP contribution in [0.5, 0.6) is 0 Å². The van der Waals surface area contributed by atoms with Crippen molar-refractivity contribution in [3.05, 3.63) is 102 Å². The molecule has 1 heteroatoms. The fraction of sp³-hybridized carbons (Fsp3) is 0.219. The zero-order valence-electron chi connectivity index (χ0n) is 20.1. The van der Waals surface area contributed by atoms with Gasteiger partial charge in [-0.1, -0.05) is 89.2 Å². The zero-order valence-corrected chi connectivity index (χ0v) is 20.1. The van der Waals surface area contributed by atoms with Crippen molar-refractivity contribution in [2.24, 2.45) is 0 Å². The molecule has 0 spiro atoms. The van der Waals surface area contributed by atoms with E-state index in [1.54, 1.807) is 0 Å². The Hall–Kier alpha value is -3.45. The van der Waals surface area contributed by atoms with Gasteiger partial charge >= 0.3 is 0 Å². The van der Waals surface area contributed by atoms with E-state index in [2.05, 4.69) is 125 Å². The first-order valence-corrected chi connectivity index (χ1v) is 11.9. The molecule has 0 amide bonds. The second-order valence-corrected chi connectivity index (χ2v) is 11.0. The molecule has 0 fully saturated rings. The third-order valence-electron chi connectivity index (χ3n) is 7.55. The van der Waals surface area contributed by atoms with Gasteiger partial charge in [0, 0.05) is 22.4 Å². The van der Waals surface area contributed by atoms with Crippen molar-refractivity contribution in [3.63, 3.8) is 0 Å². The highest BCUT2D eigenvalue weighted by Gasteiger charge is 2.36. The van der Waals surface area contributed by atoms with E-state index in [9.17, 15) is 0 Å². The highest BCUT2D eigenvalue weighted by Crippen LogP contribution is 2.50. The first kappa shape index (κ1) is 20.2. The van der Waals surface area contributed by atoms with E-state index >= 15 is 0 Å². The number of hydrogen-bond acceptors (Lipinski definition) is 0. The molecule has 0 unspecified atom stereocenters. The molecule has 1 aromatic heterocycles. The molecule has 1 heterocycles. The van der Waals surface area contributed by atoms with E-state index in [1.165, 1.54) is 60.6 Å². The van der Waals surface area contributed by atoms with Gasteiger partial charge in [0.1, 0.15) is 0 Å². The van der Waals surface area contributed by atoms with Crippen LogP contribution in [0.25, 0.3) is 43.9 Å². The number of pyridine rings is 1. The van der Waals surface area contributed by atoms with Gasteiger partial charge in [-0.3, -0.25) is 0 Å². The fourth-order valence-electron chi connectivity index (χ4n) is 5.58. The molecule has 0 saturated heterocycles. The molecular formula is C32H30N+. The quantitative estimate of drug-likeness (QED) is 0.240. The second-order valence-electron chi connectivity index (χ2n) is 11.0. The van der Waals surface area contributed by atoms with Crippen molar-refractivity contribution in [3.8, 4) is 22.4 Å². The average Bonchev–Trinajstić information content (AvgIpc) is 3.04. The first-order chi connectivity index (χ1) is 15.7. The maximum absolute atomic E-state index is 3.56. The molecule has 1 nitrogen and oxygen atoms in total. The third kappa shape index (κ3) is 2.95. The normalized spacial score (nSPS) is 14.5. The van der Waals surface area contributed by atoms with Crippen LogP contribution in [0.3, 0.4) is 0 Å². The van der Waals surface area contributed by atoms with Gasteiger partial charge in [0.15, 0.2) is 6.20 Å². The van der Waals surface area contributed by atoms with Crippen molar-refractivity contribution < 1.29 is 4.98 Å². The van der Waals surface area contributed by atoms with E-state index in [1.807, 2.05) is 0 Å². The summed E-state index contributed by atoms with van der Waals surface area (Å²) in [5, 5.41) is 5.13. The average molecular weight is 429 g/mol. The van der Waals surface area contributed by atoms with Crippen molar-refractivity contribution >= 4 is 21.5 Å². The van der Waals surface area contributed by atoms with Gasteiger partial charge in [0.2, 0.25) is 5.69 Å². The Kier molecular flexibility index (Phi) is 4.14. The lowest BCUT2D eigenvalue weighted by Crippen LogP contribution is -2.18. The number of aromatic nitrogens is 1. The second kappa shape index (κ2) is 6.78. The van der Waals surface area contributed by atoms with E-state index < -0.39 is 0 Å².